The van der Waals surface area contributed by atoms with Crippen molar-refractivity contribution < 1.29 is 9.53 Å². The van der Waals surface area contributed by atoms with Gasteiger partial charge in [-0.2, -0.15) is 11.3 Å². The lowest BCUT2D eigenvalue weighted by atomic mass is 10.1. The summed E-state index contributed by atoms with van der Waals surface area (Å²) in [4.78, 5) is 14.3. The molecule has 0 spiro atoms. The van der Waals surface area contributed by atoms with E-state index in [-0.39, 0.29) is 18.2 Å². The van der Waals surface area contributed by atoms with Gasteiger partial charge in [-0.1, -0.05) is 0 Å². The monoisotopic (exact) mass is 335 g/mol. The molecule has 8 heteroatoms. The van der Waals surface area contributed by atoms with Gasteiger partial charge in [0.1, 0.15) is 12.4 Å². The van der Waals surface area contributed by atoms with Gasteiger partial charge in [-0.05, 0) is 36.2 Å². The highest BCUT2D eigenvalue weighted by Gasteiger charge is 2.29. The Hall–Kier alpha value is -1.93. The molecule has 0 bridgehead atoms. The Morgan fingerprint density at radius 1 is 1.52 bits per heavy atom. The summed E-state index contributed by atoms with van der Waals surface area (Å²) in [6, 6.07) is 1.96. The van der Waals surface area contributed by atoms with Gasteiger partial charge in [0.05, 0.1) is 19.2 Å². The number of ether oxygens (including phenoxy) is 1. The van der Waals surface area contributed by atoms with Crippen molar-refractivity contribution in [3.8, 4) is 0 Å². The fourth-order valence-corrected chi connectivity index (χ4v) is 3.41. The molecule has 23 heavy (non-hydrogen) atoms. The molecule has 0 aliphatic carbocycles. The molecule has 1 N–H and O–H groups in total. The number of urea groups is 1. The van der Waals surface area contributed by atoms with Crippen LogP contribution in [0.15, 0.2) is 23.2 Å². The Bertz CT molecular complexity index is 642. The van der Waals surface area contributed by atoms with E-state index in [0.717, 1.165) is 17.9 Å². The highest BCUT2D eigenvalue weighted by atomic mass is 32.1. The van der Waals surface area contributed by atoms with Crippen molar-refractivity contribution in [2.75, 3.05) is 13.1 Å². The Morgan fingerprint density at radius 2 is 2.39 bits per heavy atom. The average Bonchev–Trinajstić information content (AvgIpc) is 3.23. The standard InChI is InChI=1S/C15H21N5O2S/c1-3-19-10-17-18-14(19)6-16-15(21)20-7-11(2)22-13(8-20)12-4-5-23-9-12/h4-5,9-11,13H,3,6-8H2,1-2H3,(H,16,21)/t11-,13+/m0/s1. The van der Waals surface area contributed by atoms with Crippen LogP contribution >= 0.6 is 11.3 Å². The first-order chi connectivity index (χ1) is 11.2. The Kier molecular flexibility index (Phi) is 4.92. The van der Waals surface area contributed by atoms with Crippen LogP contribution in [-0.4, -0.2) is 44.9 Å². The summed E-state index contributed by atoms with van der Waals surface area (Å²) in [6.45, 7) is 6.32. The average molecular weight is 335 g/mol. The zero-order valence-electron chi connectivity index (χ0n) is 13.3. The van der Waals surface area contributed by atoms with Crippen molar-refractivity contribution in [2.45, 2.75) is 39.1 Å². The maximum absolute atomic E-state index is 12.5. The molecule has 1 fully saturated rings. The minimum atomic E-state index is -0.0916. The molecule has 1 aliphatic heterocycles. The largest absolute Gasteiger partial charge is 0.367 e. The molecule has 3 rings (SSSR count). The second-order valence-corrected chi connectivity index (χ2v) is 6.37. The van der Waals surface area contributed by atoms with Crippen molar-refractivity contribution in [3.05, 3.63) is 34.5 Å². The smallest absolute Gasteiger partial charge is 0.317 e. The maximum Gasteiger partial charge on any atom is 0.317 e. The second kappa shape index (κ2) is 7.10. The first-order valence-electron chi connectivity index (χ1n) is 7.74. The molecule has 3 heterocycles. The van der Waals surface area contributed by atoms with E-state index in [2.05, 4.69) is 20.9 Å². The van der Waals surface area contributed by atoms with Crippen molar-refractivity contribution in [2.24, 2.45) is 0 Å². The number of nitrogens with one attached hydrogen (secondary N) is 1. The summed E-state index contributed by atoms with van der Waals surface area (Å²) in [5.41, 5.74) is 1.13. The van der Waals surface area contributed by atoms with Gasteiger partial charge in [0, 0.05) is 13.1 Å². The Morgan fingerprint density at radius 3 is 3.13 bits per heavy atom. The highest BCUT2D eigenvalue weighted by Crippen LogP contribution is 2.26. The maximum atomic E-state index is 12.5. The van der Waals surface area contributed by atoms with Crippen LogP contribution in [0.4, 0.5) is 4.79 Å². The zero-order chi connectivity index (χ0) is 16.2. The molecule has 2 aromatic heterocycles. The van der Waals surface area contributed by atoms with E-state index >= 15 is 0 Å². The van der Waals surface area contributed by atoms with Gasteiger partial charge in [0.25, 0.3) is 0 Å². The summed E-state index contributed by atoms with van der Waals surface area (Å²) in [6.07, 6.45) is 1.62. The van der Waals surface area contributed by atoms with Crippen molar-refractivity contribution in [1.29, 1.82) is 0 Å². The number of rotatable bonds is 4. The van der Waals surface area contributed by atoms with Crippen molar-refractivity contribution >= 4 is 17.4 Å². The van der Waals surface area contributed by atoms with Gasteiger partial charge in [0.15, 0.2) is 5.82 Å². The molecule has 2 atom stereocenters. The number of nitrogens with zero attached hydrogens (tertiary/aromatic N) is 4. The van der Waals surface area contributed by atoms with Crippen LogP contribution in [0.5, 0.6) is 0 Å². The van der Waals surface area contributed by atoms with Gasteiger partial charge < -0.3 is 19.5 Å². The quantitative estimate of drug-likeness (QED) is 0.928. The minimum absolute atomic E-state index is 0.0127. The van der Waals surface area contributed by atoms with E-state index < -0.39 is 0 Å². The van der Waals surface area contributed by atoms with Gasteiger partial charge in [-0.3, -0.25) is 0 Å². The molecule has 0 saturated carbocycles. The summed E-state index contributed by atoms with van der Waals surface area (Å²) < 4.78 is 7.87. The number of amides is 2. The van der Waals surface area contributed by atoms with Gasteiger partial charge >= 0.3 is 6.03 Å². The second-order valence-electron chi connectivity index (χ2n) is 5.59. The molecule has 1 aliphatic rings. The third kappa shape index (κ3) is 3.70. The van der Waals surface area contributed by atoms with Crippen LogP contribution in [0.1, 0.15) is 31.3 Å². The number of hydrogen-bond acceptors (Lipinski definition) is 5. The van der Waals surface area contributed by atoms with Crippen LogP contribution in [0.25, 0.3) is 0 Å². The number of carbonyl (C=O) groups excluding carboxylic acids is 1. The molecule has 0 unspecified atom stereocenters. The third-order valence-corrected chi connectivity index (χ3v) is 4.60. The molecule has 0 aromatic carbocycles. The van der Waals surface area contributed by atoms with Crippen LogP contribution in [0, 0.1) is 0 Å². The fourth-order valence-electron chi connectivity index (χ4n) is 2.71. The topological polar surface area (TPSA) is 72.3 Å². The number of carbonyl (C=O) groups is 1. The molecular weight excluding hydrogens is 314 g/mol. The number of aryl methyl sites for hydroxylation is 1. The van der Waals surface area contributed by atoms with Crippen LogP contribution in [-0.2, 0) is 17.8 Å². The van der Waals surface area contributed by atoms with E-state index in [0.29, 0.717) is 19.6 Å². The SMILES string of the molecule is CCn1cnnc1CNC(=O)N1C[C@H](C)O[C@@H](c2ccsc2)C1. The summed E-state index contributed by atoms with van der Waals surface area (Å²) in [5.74, 6) is 0.761. The molecule has 2 amide bonds. The molecule has 124 valence electrons. The van der Waals surface area contributed by atoms with E-state index in [1.165, 1.54) is 0 Å². The lowest BCUT2D eigenvalue weighted by Crippen LogP contribution is -2.49. The predicted molar refractivity (Wildman–Crippen MR) is 87.1 cm³/mol. The van der Waals surface area contributed by atoms with Gasteiger partial charge in [-0.15, -0.1) is 10.2 Å². The number of morpholine rings is 1. The molecule has 1 saturated heterocycles. The van der Waals surface area contributed by atoms with E-state index in [1.54, 1.807) is 17.7 Å². The lowest BCUT2D eigenvalue weighted by molar-refractivity contribution is -0.0655. The Balaban J connectivity index is 1.60. The van der Waals surface area contributed by atoms with E-state index in [4.69, 9.17) is 4.74 Å². The summed E-state index contributed by atoms with van der Waals surface area (Å²) in [7, 11) is 0. The van der Waals surface area contributed by atoms with Crippen LogP contribution < -0.4 is 5.32 Å². The minimum Gasteiger partial charge on any atom is -0.367 e. The summed E-state index contributed by atoms with van der Waals surface area (Å²) >= 11 is 1.64. The first kappa shape index (κ1) is 15.9. The van der Waals surface area contributed by atoms with E-state index in [1.807, 2.05) is 34.8 Å². The molecule has 2 aromatic rings. The van der Waals surface area contributed by atoms with E-state index in [9.17, 15) is 4.79 Å². The van der Waals surface area contributed by atoms with Crippen molar-refractivity contribution in [3.63, 3.8) is 0 Å². The zero-order valence-corrected chi connectivity index (χ0v) is 14.1. The number of thiophene rings is 1. The molecular formula is C15H21N5O2S. The number of aromatic nitrogens is 3. The van der Waals surface area contributed by atoms with Gasteiger partial charge in [0.2, 0.25) is 0 Å². The normalized spacial score (nSPS) is 21.4. The summed E-state index contributed by atoms with van der Waals surface area (Å²) in [5, 5.41) is 14.9. The van der Waals surface area contributed by atoms with Crippen molar-refractivity contribution in [1.82, 2.24) is 25.0 Å². The fraction of sp³-hybridized carbons (Fsp3) is 0.533. The molecule has 0 radical (unpaired) electrons. The Labute approximate surface area is 139 Å². The number of hydrogen-bond donors (Lipinski definition) is 1. The first-order valence-corrected chi connectivity index (χ1v) is 8.68. The van der Waals surface area contributed by atoms with Crippen LogP contribution in [0.2, 0.25) is 0 Å². The lowest BCUT2D eigenvalue weighted by Gasteiger charge is -2.36. The predicted octanol–water partition coefficient (Wildman–Crippen LogP) is 2.03. The van der Waals surface area contributed by atoms with Crippen LogP contribution in [0.3, 0.4) is 0 Å². The van der Waals surface area contributed by atoms with Gasteiger partial charge in [-0.25, -0.2) is 4.79 Å². The molecule has 7 nitrogen and oxygen atoms in total. The third-order valence-electron chi connectivity index (χ3n) is 3.90. The highest BCUT2D eigenvalue weighted by molar-refractivity contribution is 7.07.